The summed E-state index contributed by atoms with van der Waals surface area (Å²) in [6.45, 7) is 0. The third-order valence-corrected chi connectivity index (χ3v) is 3.45. The molecule has 4 rings (SSSR count). The molecule has 0 saturated heterocycles. The van der Waals surface area contributed by atoms with Crippen LogP contribution in [0.2, 0.25) is 0 Å². The van der Waals surface area contributed by atoms with E-state index in [1.54, 1.807) is 24.4 Å². The van der Waals surface area contributed by atoms with Crippen molar-refractivity contribution in [3.8, 4) is 11.4 Å². The van der Waals surface area contributed by atoms with Crippen LogP contribution in [-0.2, 0) is 0 Å². The van der Waals surface area contributed by atoms with Gasteiger partial charge < -0.3 is 0 Å². The molecule has 0 aliphatic rings. The fourth-order valence-electron chi connectivity index (χ4n) is 2.53. The van der Waals surface area contributed by atoms with Crippen LogP contribution in [-0.4, -0.2) is 9.38 Å². The summed E-state index contributed by atoms with van der Waals surface area (Å²) >= 11 is 0. The Morgan fingerprint density at radius 2 is 1.80 bits per heavy atom. The van der Waals surface area contributed by atoms with E-state index in [1.807, 2.05) is 16.5 Å². The van der Waals surface area contributed by atoms with Gasteiger partial charge in [0, 0.05) is 23.2 Å². The predicted molar refractivity (Wildman–Crippen MR) is 75.5 cm³/mol. The van der Waals surface area contributed by atoms with Crippen LogP contribution in [0.1, 0.15) is 0 Å². The molecule has 0 spiro atoms. The Morgan fingerprint density at radius 3 is 2.60 bits per heavy atom. The van der Waals surface area contributed by atoms with Crippen LogP contribution in [0.5, 0.6) is 0 Å². The quantitative estimate of drug-likeness (QED) is 0.529. The van der Waals surface area contributed by atoms with Gasteiger partial charge in [0.2, 0.25) is 0 Å². The molecule has 0 saturated carbocycles. The van der Waals surface area contributed by atoms with Crippen LogP contribution in [0.15, 0.2) is 59.5 Å². The van der Waals surface area contributed by atoms with Crippen molar-refractivity contribution in [2.45, 2.75) is 0 Å². The van der Waals surface area contributed by atoms with Gasteiger partial charge in [-0.25, -0.2) is 9.37 Å². The van der Waals surface area contributed by atoms with Gasteiger partial charge in [-0.05, 0) is 36.4 Å². The molecule has 0 aliphatic carbocycles. The van der Waals surface area contributed by atoms with Gasteiger partial charge in [-0.1, -0.05) is 6.07 Å². The molecule has 0 radical (unpaired) electrons. The zero-order chi connectivity index (χ0) is 13.7. The number of rotatable bonds is 1. The van der Waals surface area contributed by atoms with Crippen LogP contribution in [0.25, 0.3) is 27.8 Å². The van der Waals surface area contributed by atoms with Crippen molar-refractivity contribution in [1.29, 1.82) is 0 Å². The second-order valence-electron chi connectivity index (χ2n) is 4.67. The molecule has 0 N–H and O–H groups in total. The minimum atomic E-state index is -0.282. The van der Waals surface area contributed by atoms with Gasteiger partial charge in [-0.2, -0.15) is 0 Å². The molecular formula is C16H9FN2O. The third-order valence-electron chi connectivity index (χ3n) is 3.45. The number of hydrogen-bond donors (Lipinski definition) is 0. The monoisotopic (exact) mass is 264 g/mol. The van der Waals surface area contributed by atoms with Gasteiger partial charge in [0.05, 0.1) is 11.0 Å². The average molecular weight is 264 g/mol. The van der Waals surface area contributed by atoms with Crippen LogP contribution in [0.4, 0.5) is 4.39 Å². The Labute approximate surface area is 113 Å². The summed E-state index contributed by atoms with van der Waals surface area (Å²) in [5.74, 6) is 0.422. The van der Waals surface area contributed by atoms with Gasteiger partial charge in [0.15, 0.2) is 5.43 Å². The van der Waals surface area contributed by atoms with Gasteiger partial charge in [0.25, 0.3) is 0 Å². The highest BCUT2D eigenvalue weighted by molar-refractivity contribution is 5.95. The lowest BCUT2D eigenvalue weighted by Gasteiger charge is -2.02. The number of nitrogens with zero attached hydrogens (tertiary/aromatic N) is 2. The van der Waals surface area contributed by atoms with Gasteiger partial charge in [-0.15, -0.1) is 0 Å². The lowest BCUT2D eigenvalue weighted by molar-refractivity contribution is 0.628. The van der Waals surface area contributed by atoms with Crippen LogP contribution in [0.3, 0.4) is 0 Å². The molecular weight excluding hydrogens is 255 g/mol. The first-order chi connectivity index (χ1) is 9.74. The van der Waals surface area contributed by atoms with E-state index in [2.05, 4.69) is 4.98 Å². The molecule has 0 amide bonds. The normalized spacial score (nSPS) is 11.4. The Kier molecular flexibility index (Phi) is 2.15. The van der Waals surface area contributed by atoms with E-state index < -0.39 is 0 Å². The molecule has 0 unspecified atom stereocenters. The van der Waals surface area contributed by atoms with Crippen LogP contribution >= 0.6 is 0 Å². The number of pyridine rings is 1. The fourth-order valence-corrected chi connectivity index (χ4v) is 2.53. The highest BCUT2D eigenvalue weighted by atomic mass is 19.1. The lowest BCUT2D eigenvalue weighted by atomic mass is 10.2. The molecule has 20 heavy (non-hydrogen) atoms. The van der Waals surface area contributed by atoms with Crippen molar-refractivity contribution < 1.29 is 4.39 Å². The van der Waals surface area contributed by atoms with Crippen molar-refractivity contribution in [3.63, 3.8) is 0 Å². The number of halogens is 1. The zero-order valence-corrected chi connectivity index (χ0v) is 10.4. The maximum Gasteiger partial charge on any atom is 0.189 e. The van der Waals surface area contributed by atoms with E-state index in [4.69, 9.17) is 0 Å². The maximum atomic E-state index is 13.0. The summed E-state index contributed by atoms with van der Waals surface area (Å²) in [7, 11) is 0. The largest absolute Gasteiger partial charge is 0.298 e. The summed E-state index contributed by atoms with van der Waals surface area (Å²) < 4.78 is 14.9. The summed E-state index contributed by atoms with van der Waals surface area (Å²) in [6, 6.07) is 13.2. The maximum absolute atomic E-state index is 13.0. The molecule has 3 nitrogen and oxygen atoms in total. The number of hydrogen-bond acceptors (Lipinski definition) is 2. The van der Waals surface area contributed by atoms with Crippen LogP contribution < -0.4 is 5.43 Å². The Balaban J connectivity index is 2.14. The molecule has 2 heterocycles. The number of para-hydroxylation sites is 1. The number of imidazole rings is 1. The first-order valence-electron chi connectivity index (χ1n) is 6.23. The fraction of sp³-hybridized carbons (Fsp3) is 0. The summed E-state index contributed by atoms with van der Waals surface area (Å²) in [4.78, 5) is 16.4. The van der Waals surface area contributed by atoms with E-state index in [9.17, 15) is 9.18 Å². The third kappa shape index (κ3) is 1.45. The summed E-state index contributed by atoms with van der Waals surface area (Å²) in [5, 5.41) is 0.644. The first kappa shape index (κ1) is 11.1. The average Bonchev–Trinajstić information content (AvgIpc) is 2.84. The van der Waals surface area contributed by atoms with Crippen molar-refractivity contribution in [1.82, 2.24) is 9.38 Å². The highest BCUT2D eigenvalue weighted by Crippen LogP contribution is 2.26. The van der Waals surface area contributed by atoms with E-state index in [-0.39, 0.29) is 11.2 Å². The molecule has 2 aromatic carbocycles. The van der Waals surface area contributed by atoms with Gasteiger partial charge >= 0.3 is 0 Å². The lowest BCUT2D eigenvalue weighted by Crippen LogP contribution is -2.02. The molecule has 4 aromatic rings. The van der Waals surface area contributed by atoms with E-state index in [0.29, 0.717) is 11.2 Å². The minimum absolute atomic E-state index is 0.0198. The van der Waals surface area contributed by atoms with Crippen molar-refractivity contribution >= 4 is 16.4 Å². The number of benzene rings is 2. The first-order valence-corrected chi connectivity index (χ1v) is 6.23. The van der Waals surface area contributed by atoms with E-state index >= 15 is 0 Å². The second kappa shape index (κ2) is 3.87. The SMILES string of the molecule is O=c1ccn2c(-c3ccc(F)cc3)nc3cccc1c32. The van der Waals surface area contributed by atoms with Crippen molar-refractivity contribution in [2.75, 3.05) is 0 Å². The summed E-state index contributed by atoms with van der Waals surface area (Å²) in [5.41, 5.74) is 2.36. The smallest absolute Gasteiger partial charge is 0.189 e. The molecule has 0 bridgehead atoms. The topological polar surface area (TPSA) is 34.4 Å². The zero-order valence-electron chi connectivity index (χ0n) is 10.4. The standard InChI is InChI=1S/C16H9FN2O/c17-11-6-4-10(5-7-11)16-18-13-3-1-2-12-14(20)8-9-19(16)15(12)13/h1-9H. The van der Waals surface area contributed by atoms with E-state index in [1.165, 1.54) is 18.2 Å². The van der Waals surface area contributed by atoms with Crippen molar-refractivity contribution in [3.05, 3.63) is 70.8 Å². The highest BCUT2D eigenvalue weighted by Gasteiger charge is 2.13. The molecule has 96 valence electrons. The molecule has 4 heteroatoms. The Hall–Kier alpha value is -2.75. The molecule has 0 fully saturated rings. The number of aromatic nitrogens is 2. The molecule has 0 aliphatic heterocycles. The minimum Gasteiger partial charge on any atom is -0.298 e. The van der Waals surface area contributed by atoms with Crippen molar-refractivity contribution in [2.24, 2.45) is 0 Å². The Morgan fingerprint density at radius 1 is 1.00 bits per heavy atom. The second-order valence-corrected chi connectivity index (χ2v) is 4.67. The van der Waals surface area contributed by atoms with Gasteiger partial charge in [-0.3, -0.25) is 9.20 Å². The predicted octanol–water partition coefficient (Wildman–Crippen LogP) is 3.09. The summed E-state index contributed by atoms with van der Waals surface area (Å²) in [6.07, 6.45) is 1.71. The molecule has 2 aromatic heterocycles. The van der Waals surface area contributed by atoms with Crippen LogP contribution in [0, 0.1) is 5.82 Å². The Bertz CT molecular complexity index is 973. The van der Waals surface area contributed by atoms with E-state index in [0.717, 1.165) is 16.6 Å². The molecule has 0 atom stereocenters. The van der Waals surface area contributed by atoms with Gasteiger partial charge in [0.1, 0.15) is 11.6 Å².